The fourth-order valence-corrected chi connectivity index (χ4v) is 9.23. The Kier molecular flexibility index (Phi) is 3.47. The molecule has 2 unspecified atom stereocenters. The summed E-state index contributed by atoms with van der Waals surface area (Å²) in [4.78, 5) is 2.81. The molecule has 4 bridgehead atoms. The van der Waals surface area contributed by atoms with E-state index in [1.165, 1.54) is 30.5 Å². The number of phenolic OH excluding ortho intramolecular Hbond substituents is 1. The number of methoxy groups -OCH3 is 1. The Balaban J connectivity index is 1.49. The molecular weight excluding hydrogens is 390 g/mol. The Labute approximate surface area is 184 Å². The van der Waals surface area contributed by atoms with Crippen LogP contribution in [0.25, 0.3) is 0 Å². The van der Waals surface area contributed by atoms with Gasteiger partial charge in [-0.1, -0.05) is 6.07 Å². The highest BCUT2D eigenvalue weighted by Gasteiger charge is 2.81. The molecule has 1 aromatic carbocycles. The number of hydrogen-bond donors (Lipinski definition) is 2. The van der Waals surface area contributed by atoms with Crippen molar-refractivity contribution in [2.24, 2.45) is 17.3 Å². The molecule has 31 heavy (non-hydrogen) atoms. The molecule has 8 rings (SSSR count). The van der Waals surface area contributed by atoms with Crippen molar-refractivity contribution < 1.29 is 19.7 Å². The van der Waals surface area contributed by atoms with Gasteiger partial charge in [0.2, 0.25) is 0 Å². The molecule has 2 N–H and O–H groups in total. The molecule has 5 fully saturated rings. The van der Waals surface area contributed by atoms with E-state index in [0.717, 1.165) is 44.6 Å². The van der Waals surface area contributed by atoms with Crippen molar-refractivity contribution >= 4 is 0 Å². The normalized spacial score (nSPS) is 44.8. The third-order valence-electron chi connectivity index (χ3n) is 10.5. The van der Waals surface area contributed by atoms with Crippen LogP contribution in [0, 0.1) is 17.3 Å². The number of rotatable bonds is 4. The van der Waals surface area contributed by atoms with Gasteiger partial charge in [0.1, 0.15) is 11.7 Å². The molecule has 2 aliphatic heterocycles. The van der Waals surface area contributed by atoms with Crippen molar-refractivity contribution in [3.63, 3.8) is 0 Å². The third kappa shape index (κ3) is 2.02. The minimum atomic E-state index is -0.846. The van der Waals surface area contributed by atoms with Crippen molar-refractivity contribution in [1.82, 2.24) is 4.90 Å². The van der Waals surface area contributed by atoms with Gasteiger partial charge < -0.3 is 19.7 Å². The van der Waals surface area contributed by atoms with E-state index in [-0.39, 0.29) is 28.6 Å². The fraction of sp³-hybridized carbons (Fsp3) is 0.769. The monoisotopic (exact) mass is 425 g/mol. The van der Waals surface area contributed by atoms with Gasteiger partial charge in [0.05, 0.1) is 5.60 Å². The second-order valence-corrected chi connectivity index (χ2v) is 12.1. The lowest BCUT2D eigenvalue weighted by molar-refractivity contribution is -0.300. The molecule has 5 nitrogen and oxygen atoms in total. The number of benzene rings is 1. The number of likely N-dealkylation sites (tertiary alicyclic amines) is 1. The van der Waals surface area contributed by atoms with E-state index in [9.17, 15) is 10.2 Å². The molecule has 168 valence electrons. The highest BCUT2D eigenvalue weighted by atomic mass is 16.6. The first-order valence-corrected chi connectivity index (χ1v) is 12.3. The first-order valence-electron chi connectivity index (χ1n) is 12.3. The number of fused-ring (bicyclic) bond motifs is 2. The van der Waals surface area contributed by atoms with Crippen molar-refractivity contribution in [3.05, 3.63) is 23.3 Å². The molecule has 1 aromatic rings. The standard InChI is InChI=1S/C26H35NO4/c1-23(2,29)18-13-24-8-9-26(18,30-3)22-25(24)10-11-27(14-15-4-5-15)19(24)12-16-6-7-17(28)21(31-22)20(16)25/h6-7,15,18-19,22,28-29H,4-5,8-14H2,1-3H3/t18-,19+,22-,24?,25-,26?/m1/s1. The van der Waals surface area contributed by atoms with Gasteiger partial charge in [-0.25, -0.2) is 0 Å². The van der Waals surface area contributed by atoms with Crippen molar-refractivity contribution in [1.29, 1.82) is 0 Å². The molecule has 5 aliphatic carbocycles. The summed E-state index contributed by atoms with van der Waals surface area (Å²) in [6.45, 7) is 6.23. The molecule has 6 atom stereocenters. The molecule has 0 radical (unpaired) electrons. The zero-order chi connectivity index (χ0) is 21.4. The average Bonchev–Trinajstić information content (AvgIpc) is 3.47. The van der Waals surface area contributed by atoms with Crippen molar-refractivity contribution in [2.45, 2.75) is 87.6 Å². The van der Waals surface area contributed by atoms with Gasteiger partial charge in [-0.2, -0.15) is 0 Å². The van der Waals surface area contributed by atoms with Gasteiger partial charge in [0, 0.05) is 42.0 Å². The number of piperidine rings is 1. The number of phenols is 1. The van der Waals surface area contributed by atoms with E-state index in [1.54, 1.807) is 0 Å². The highest BCUT2D eigenvalue weighted by Crippen LogP contribution is 2.77. The Bertz CT molecular complexity index is 967. The van der Waals surface area contributed by atoms with Gasteiger partial charge in [0.15, 0.2) is 11.5 Å². The number of hydrogen-bond acceptors (Lipinski definition) is 5. The van der Waals surface area contributed by atoms with Gasteiger partial charge in [-0.15, -0.1) is 0 Å². The van der Waals surface area contributed by atoms with Crippen LogP contribution in [0.15, 0.2) is 12.1 Å². The molecular formula is C26H35NO4. The average molecular weight is 426 g/mol. The summed E-state index contributed by atoms with van der Waals surface area (Å²) in [7, 11) is 1.81. The molecule has 5 heteroatoms. The van der Waals surface area contributed by atoms with Gasteiger partial charge in [0.25, 0.3) is 0 Å². The maximum atomic E-state index is 11.4. The summed E-state index contributed by atoms with van der Waals surface area (Å²) < 4.78 is 13.2. The fourth-order valence-electron chi connectivity index (χ4n) is 9.23. The van der Waals surface area contributed by atoms with Crippen LogP contribution in [0.4, 0.5) is 0 Å². The van der Waals surface area contributed by atoms with Crippen LogP contribution < -0.4 is 4.74 Å². The zero-order valence-corrected chi connectivity index (χ0v) is 19.0. The van der Waals surface area contributed by atoms with E-state index in [0.29, 0.717) is 11.8 Å². The van der Waals surface area contributed by atoms with E-state index in [4.69, 9.17) is 9.47 Å². The molecule has 7 aliphatic rings. The first kappa shape index (κ1) is 19.2. The Morgan fingerprint density at radius 2 is 2.03 bits per heavy atom. The Hall–Kier alpha value is -1.30. The third-order valence-corrected chi connectivity index (χ3v) is 10.5. The van der Waals surface area contributed by atoms with Crippen LogP contribution in [-0.2, 0) is 16.6 Å². The van der Waals surface area contributed by atoms with E-state index >= 15 is 0 Å². The number of aromatic hydroxyl groups is 1. The summed E-state index contributed by atoms with van der Waals surface area (Å²) in [5.74, 6) is 1.86. The summed E-state index contributed by atoms with van der Waals surface area (Å²) >= 11 is 0. The second kappa shape index (κ2) is 5.60. The minimum Gasteiger partial charge on any atom is -0.504 e. The maximum absolute atomic E-state index is 11.4. The van der Waals surface area contributed by atoms with E-state index < -0.39 is 11.2 Å². The SMILES string of the molecule is COC12CCC3(C[C@@H]1C(C)(C)O)[C@@H]1Cc4ccc(O)c5c4[C@]3(CCN1CC1CC1)[C@H]2O5. The lowest BCUT2D eigenvalue weighted by Gasteiger charge is -2.75. The second-order valence-electron chi connectivity index (χ2n) is 12.1. The quantitative estimate of drug-likeness (QED) is 0.774. The summed E-state index contributed by atoms with van der Waals surface area (Å²) in [6.07, 6.45) is 7.72. The predicted molar refractivity (Wildman–Crippen MR) is 116 cm³/mol. The van der Waals surface area contributed by atoms with Crippen LogP contribution in [0.1, 0.15) is 63.5 Å². The maximum Gasteiger partial charge on any atom is 0.165 e. The summed E-state index contributed by atoms with van der Waals surface area (Å²) in [5.41, 5.74) is 1.24. The summed E-state index contributed by atoms with van der Waals surface area (Å²) in [5, 5.41) is 22.2. The van der Waals surface area contributed by atoms with Crippen LogP contribution >= 0.6 is 0 Å². The van der Waals surface area contributed by atoms with Gasteiger partial charge >= 0.3 is 0 Å². The first-order chi connectivity index (χ1) is 14.8. The molecule has 1 saturated heterocycles. The number of aliphatic hydroxyl groups is 1. The van der Waals surface area contributed by atoms with E-state index in [2.05, 4.69) is 11.0 Å². The van der Waals surface area contributed by atoms with Crippen molar-refractivity contribution in [3.8, 4) is 11.5 Å². The predicted octanol–water partition coefficient (Wildman–Crippen LogP) is 3.39. The molecule has 2 heterocycles. The van der Waals surface area contributed by atoms with Crippen LogP contribution in [0.3, 0.4) is 0 Å². The van der Waals surface area contributed by atoms with Crippen LogP contribution in [0.5, 0.6) is 11.5 Å². The lowest BCUT2D eigenvalue weighted by atomic mass is 9.34. The number of ether oxygens (including phenoxy) is 2. The lowest BCUT2D eigenvalue weighted by Crippen LogP contribution is -2.82. The molecule has 4 saturated carbocycles. The van der Waals surface area contributed by atoms with E-state index in [1.807, 2.05) is 27.0 Å². The summed E-state index contributed by atoms with van der Waals surface area (Å²) in [6, 6.07) is 4.46. The highest BCUT2D eigenvalue weighted by molar-refractivity contribution is 5.63. The van der Waals surface area contributed by atoms with Gasteiger partial charge in [-0.3, -0.25) is 4.90 Å². The Morgan fingerprint density at radius 3 is 2.74 bits per heavy atom. The van der Waals surface area contributed by atoms with Crippen LogP contribution in [-0.4, -0.2) is 58.7 Å². The molecule has 0 aromatic heterocycles. The molecule has 2 spiro atoms. The van der Waals surface area contributed by atoms with Crippen LogP contribution in [0.2, 0.25) is 0 Å². The smallest absolute Gasteiger partial charge is 0.165 e. The zero-order valence-electron chi connectivity index (χ0n) is 19.0. The van der Waals surface area contributed by atoms with Crippen molar-refractivity contribution in [2.75, 3.05) is 20.2 Å². The minimum absolute atomic E-state index is 0.0123. The number of nitrogens with zero attached hydrogens (tertiary/aromatic N) is 1. The molecule has 0 amide bonds. The largest absolute Gasteiger partial charge is 0.504 e. The Morgan fingerprint density at radius 1 is 1.23 bits per heavy atom. The topological polar surface area (TPSA) is 62.2 Å². The van der Waals surface area contributed by atoms with Gasteiger partial charge in [-0.05, 0) is 82.9 Å².